The van der Waals surface area contributed by atoms with Crippen LogP contribution in [-0.2, 0) is 0 Å². The van der Waals surface area contributed by atoms with Crippen LogP contribution in [0.1, 0.15) is 20.3 Å². The normalized spacial score (nSPS) is 28.3. The van der Waals surface area contributed by atoms with Gasteiger partial charge in [0.25, 0.3) is 0 Å². The number of halogens is 1. The Bertz CT molecular complexity index is 367. The van der Waals surface area contributed by atoms with E-state index >= 15 is 0 Å². The van der Waals surface area contributed by atoms with E-state index in [1.807, 2.05) is 6.07 Å². The van der Waals surface area contributed by atoms with E-state index < -0.39 is 0 Å². The lowest BCUT2D eigenvalue weighted by Crippen LogP contribution is -2.60. The summed E-state index contributed by atoms with van der Waals surface area (Å²) in [6.45, 7) is 4.27. The molecule has 1 saturated carbocycles. The topological polar surface area (TPSA) is 48.1 Å². The van der Waals surface area contributed by atoms with Crippen LogP contribution in [0, 0.1) is 5.41 Å². The minimum Gasteiger partial charge on any atom is -0.488 e. The molecule has 0 aromatic carbocycles. The van der Waals surface area contributed by atoms with Gasteiger partial charge >= 0.3 is 0 Å². The fourth-order valence-corrected chi connectivity index (χ4v) is 2.08. The van der Waals surface area contributed by atoms with Gasteiger partial charge in [-0.1, -0.05) is 13.8 Å². The van der Waals surface area contributed by atoms with Crippen molar-refractivity contribution >= 4 is 15.9 Å². The van der Waals surface area contributed by atoms with Crippen molar-refractivity contribution in [1.29, 1.82) is 0 Å². The third-order valence-corrected chi connectivity index (χ3v) is 3.65. The van der Waals surface area contributed by atoms with Gasteiger partial charge < -0.3 is 10.5 Å². The monoisotopic (exact) mass is 270 g/mol. The number of nitrogens with two attached hydrogens (primary N) is 1. The summed E-state index contributed by atoms with van der Waals surface area (Å²) in [4.78, 5) is 4.06. The predicted molar refractivity (Wildman–Crippen MR) is 62.7 cm³/mol. The van der Waals surface area contributed by atoms with Crippen LogP contribution in [0.4, 0.5) is 0 Å². The number of nitrogens with zero attached hydrogens (tertiary/aromatic N) is 1. The third-order valence-electron chi connectivity index (χ3n) is 3.21. The predicted octanol–water partition coefficient (Wildman–Crippen LogP) is 2.35. The number of pyridine rings is 1. The maximum absolute atomic E-state index is 5.93. The molecular formula is C11H15BrN2O. The van der Waals surface area contributed by atoms with Crippen molar-refractivity contribution in [3.8, 4) is 5.75 Å². The number of aromatic nitrogens is 1. The summed E-state index contributed by atoms with van der Waals surface area (Å²) in [5.41, 5.74) is 5.98. The van der Waals surface area contributed by atoms with Gasteiger partial charge in [-0.3, -0.25) is 4.98 Å². The fourth-order valence-electron chi connectivity index (χ4n) is 1.74. The Kier molecular flexibility index (Phi) is 2.73. The van der Waals surface area contributed by atoms with Crippen LogP contribution in [0.5, 0.6) is 5.75 Å². The number of hydrogen-bond acceptors (Lipinski definition) is 3. The standard InChI is InChI=1S/C11H15BrN2O/c1-11(2)9(13)4-10(11)15-8-3-7(12)5-14-6-8/h3,5-6,9-10H,4,13H2,1-2H3. The summed E-state index contributed by atoms with van der Waals surface area (Å²) in [5, 5.41) is 0. The zero-order chi connectivity index (χ0) is 11.1. The van der Waals surface area contributed by atoms with Gasteiger partial charge in [0.05, 0.1) is 6.20 Å². The van der Waals surface area contributed by atoms with E-state index in [2.05, 4.69) is 34.8 Å². The summed E-state index contributed by atoms with van der Waals surface area (Å²) in [6, 6.07) is 2.16. The van der Waals surface area contributed by atoms with Crippen molar-refractivity contribution in [3.05, 3.63) is 22.9 Å². The van der Waals surface area contributed by atoms with Gasteiger partial charge in [0.2, 0.25) is 0 Å². The van der Waals surface area contributed by atoms with Gasteiger partial charge in [-0.2, -0.15) is 0 Å². The van der Waals surface area contributed by atoms with Crippen molar-refractivity contribution < 1.29 is 4.74 Å². The van der Waals surface area contributed by atoms with Crippen LogP contribution in [0.15, 0.2) is 22.9 Å². The molecular weight excluding hydrogens is 256 g/mol. The van der Waals surface area contributed by atoms with Crippen LogP contribution >= 0.6 is 15.9 Å². The molecule has 0 spiro atoms. The molecule has 0 amide bonds. The van der Waals surface area contributed by atoms with Gasteiger partial charge in [0.15, 0.2) is 0 Å². The molecule has 1 aromatic rings. The molecule has 1 fully saturated rings. The van der Waals surface area contributed by atoms with E-state index in [9.17, 15) is 0 Å². The quantitative estimate of drug-likeness (QED) is 0.898. The second-order valence-corrected chi connectivity index (χ2v) is 5.52. The average Bonchev–Trinajstić information content (AvgIpc) is 2.17. The summed E-state index contributed by atoms with van der Waals surface area (Å²) in [7, 11) is 0. The molecule has 2 atom stereocenters. The van der Waals surface area contributed by atoms with Crippen LogP contribution in [-0.4, -0.2) is 17.1 Å². The molecule has 1 aliphatic rings. The van der Waals surface area contributed by atoms with Crippen molar-refractivity contribution in [2.45, 2.75) is 32.4 Å². The first-order valence-electron chi connectivity index (χ1n) is 5.03. The highest BCUT2D eigenvalue weighted by molar-refractivity contribution is 9.10. The van der Waals surface area contributed by atoms with Gasteiger partial charge in [0, 0.05) is 28.5 Å². The van der Waals surface area contributed by atoms with E-state index in [1.54, 1.807) is 12.4 Å². The van der Waals surface area contributed by atoms with E-state index in [1.165, 1.54) is 0 Å². The molecule has 2 unspecified atom stereocenters. The largest absolute Gasteiger partial charge is 0.488 e. The number of rotatable bonds is 2. The maximum atomic E-state index is 5.93. The van der Waals surface area contributed by atoms with Gasteiger partial charge in [-0.05, 0) is 22.0 Å². The lowest BCUT2D eigenvalue weighted by Gasteiger charge is -2.49. The second kappa shape index (κ2) is 3.76. The zero-order valence-corrected chi connectivity index (χ0v) is 10.5. The minimum atomic E-state index is 0.0579. The Labute approximate surface area is 98.2 Å². The minimum absolute atomic E-state index is 0.0579. The Hall–Kier alpha value is -0.610. The van der Waals surface area contributed by atoms with Crippen LogP contribution < -0.4 is 10.5 Å². The SMILES string of the molecule is CC1(C)C(N)CC1Oc1cncc(Br)c1. The summed E-state index contributed by atoms with van der Waals surface area (Å²) >= 11 is 3.37. The maximum Gasteiger partial charge on any atom is 0.139 e. The molecule has 3 nitrogen and oxygen atoms in total. The molecule has 0 radical (unpaired) electrons. The molecule has 2 rings (SSSR count). The second-order valence-electron chi connectivity index (χ2n) is 4.61. The van der Waals surface area contributed by atoms with E-state index in [4.69, 9.17) is 10.5 Å². The number of hydrogen-bond donors (Lipinski definition) is 1. The molecule has 1 aliphatic carbocycles. The molecule has 4 heteroatoms. The molecule has 2 N–H and O–H groups in total. The smallest absolute Gasteiger partial charge is 0.139 e. The lowest BCUT2D eigenvalue weighted by atomic mass is 9.65. The molecule has 1 aromatic heterocycles. The first kappa shape index (κ1) is 10.9. The highest BCUT2D eigenvalue weighted by atomic mass is 79.9. The number of ether oxygens (including phenoxy) is 1. The van der Waals surface area contributed by atoms with Gasteiger partial charge in [0.1, 0.15) is 11.9 Å². The molecule has 82 valence electrons. The molecule has 15 heavy (non-hydrogen) atoms. The van der Waals surface area contributed by atoms with Crippen molar-refractivity contribution in [2.75, 3.05) is 0 Å². The van der Waals surface area contributed by atoms with E-state index in [0.717, 1.165) is 16.6 Å². The third kappa shape index (κ3) is 2.01. The van der Waals surface area contributed by atoms with Gasteiger partial charge in [-0.25, -0.2) is 0 Å². The van der Waals surface area contributed by atoms with Crippen LogP contribution in [0.3, 0.4) is 0 Å². The van der Waals surface area contributed by atoms with Crippen LogP contribution in [0.25, 0.3) is 0 Å². The summed E-state index contributed by atoms with van der Waals surface area (Å²) < 4.78 is 6.78. The molecule has 0 aliphatic heterocycles. The molecule has 1 heterocycles. The van der Waals surface area contributed by atoms with E-state index in [0.29, 0.717) is 0 Å². The lowest BCUT2D eigenvalue weighted by molar-refractivity contribution is -0.0402. The molecule has 0 bridgehead atoms. The van der Waals surface area contributed by atoms with E-state index in [-0.39, 0.29) is 17.6 Å². The van der Waals surface area contributed by atoms with Crippen LogP contribution in [0.2, 0.25) is 0 Å². The Morgan fingerprint density at radius 3 is 2.80 bits per heavy atom. The summed E-state index contributed by atoms with van der Waals surface area (Å²) in [6.07, 6.45) is 4.58. The van der Waals surface area contributed by atoms with Crippen molar-refractivity contribution in [3.63, 3.8) is 0 Å². The zero-order valence-electron chi connectivity index (χ0n) is 8.90. The summed E-state index contributed by atoms with van der Waals surface area (Å²) in [5.74, 6) is 0.800. The molecule has 0 saturated heterocycles. The Morgan fingerprint density at radius 2 is 2.27 bits per heavy atom. The Balaban J connectivity index is 2.05. The average molecular weight is 271 g/mol. The highest BCUT2D eigenvalue weighted by Gasteiger charge is 2.47. The Morgan fingerprint density at radius 1 is 1.53 bits per heavy atom. The van der Waals surface area contributed by atoms with Crippen molar-refractivity contribution in [1.82, 2.24) is 4.98 Å². The highest BCUT2D eigenvalue weighted by Crippen LogP contribution is 2.41. The first-order chi connectivity index (χ1) is 7.00. The van der Waals surface area contributed by atoms with Gasteiger partial charge in [-0.15, -0.1) is 0 Å². The fraction of sp³-hybridized carbons (Fsp3) is 0.545. The van der Waals surface area contributed by atoms with Crippen molar-refractivity contribution in [2.24, 2.45) is 11.1 Å². The first-order valence-corrected chi connectivity index (χ1v) is 5.82.